The topological polar surface area (TPSA) is 27.7 Å². The number of benzene rings is 2. The van der Waals surface area contributed by atoms with Crippen molar-refractivity contribution in [3.05, 3.63) is 46.5 Å². The summed E-state index contributed by atoms with van der Waals surface area (Å²) in [6, 6.07) is 9.20. The molecule has 0 radical (unpaired) electrons. The second kappa shape index (κ2) is 9.02. The van der Waals surface area contributed by atoms with Crippen LogP contribution in [-0.2, 0) is 26.2 Å². The third-order valence-corrected chi connectivity index (χ3v) is 8.17. The first-order chi connectivity index (χ1) is 15.3. The number of rotatable bonds is 1. The summed E-state index contributed by atoms with van der Waals surface area (Å²) < 4.78 is 18.8. The van der Waals surface area contributed by atoms with E-state index in [4.69, 9.17) is 13.6 Å². The molecule has 0 unspecified atom stereocenters. The Morgan fingerprint density at radius 1 is 0.588 bits per heavy atom. The van der Waals surface area contributed by atoms with Gasteiger partial charge in [0.2, 0.25) is 0 Å². The molecule has 3 rings (SSSR count). The molecule has 34 heavy (non-hydrogen) atoms. The molecule has 0 fully saturated rings. The van der Waals surface area contributed by atoms with Gasteiger partial charge < -0.3 is 9.05 Å². The van der Waals surface area contributed by atoms with Gasteiger partial charge in [-0.1, -0.05) is 107 Å². The van der Waals surface area contributed by atoms with Crippen molar-refractivity contribution in [1.82, 2.24) is 0 Å². The third kappa shape index (κ3) is 5.77. The summed E-state index contributed by atoms with van der Waals surface area (Å²) in [4.78, 5) is 2.25. The van der Waals surface area contributed by atoms with Crippen LogP contribution in [-0.4, -0.2) is 7.11 Å². The molecular weight excluding hydrogens is 459 g/mol. The van der Waals surface area contributed by atoms with E-state index in [2.05, 4.69) is 107 Å². The SMILES string of the molecule is COP1Oc2c(cc(C(C)(C)C)cc2C(C)(C)C)Sc2cc(C(C)(C)C)cc(C(C)(C)C)c2O1. The van der Waals surface area contributed by atoms with Gasteiger partial charge in [-0.2, -0.15) is 0 Å². The molecule has 0 spiro atoms. The van der Waals surface area contributed by atoms with Crippen LogP contribution in [0.4, 0.5) is 0 Å². The average Bonchev–Trinajstić information content (AvgIpc) is 2.63. The predicted octanol–water partition coefficient (Wildman–Crippen LogP) is 9.67. The molecular formula is C29H43O3PS. The van der Waals surface area contributed by atoms with E-state index in [1.807, 2.05) is 0 Å². The zero-order valence-corrected chi connectivity index (χ0v) is 25.1. The van der Waals surface area contributed by atoms with Gasteiger partial charge in [0.1, 0.15) is 11.5 Å². The van der Waals surface area contributed by atoms with Crippen molar-refractivity contribution >= 4 is 20.4 Å². The van der Waals surface area contributed by atoms with E-state index in [0.29, 0.717) is 0 Å². The molecule has 1 aliphatic heterocycles. The number of fused-ring (bicyclic) bond motifs is 2. The average molecular weight is 503 g/mol. The lowest BCUT2D eigenvalue weighted by Gasteiger charge is -2.33. The highest BCUT2D eigenvalue weighted by Crippen LogP contribution is 2.57. The fourth-order valence-electron chi connectivity index (χ4n) is 3.89. The lowest BCUT2D eigenvalue weighted by molar-refractivity contribution is 0.311. The zero-order chi connectivity index (χ0) is 25.9. The van der Waals surface area contributed by atoms with Crippen molar-refractivity contribution in [2.24, 2.45) is 0 Å². The van der Waals surface area contributed by atoms with Gasteiger partial charge in [-0.15, -0.1) is 0 Å². The molecule has 2 aromatic rings. The smallest absolute Gasteiger partial charge is 0.416 e. The Balaban J connectivity index is 2.39. The van der Waals surface area contributed by atoms with Gasteiger partial charge in [-0.25, -0.2) is 0 Å². The van der Waals surface area contributed by atoms with E-state index in [1.54, 1.807) is 18.9 Å². The Morgan fingerprint density at radius 2 is 0.941 bits per heavy atom. The summed E-state index contributed by atoms with van der Waals surface area (Å²) >= 11 is 1.76. The summed E-state index contributed by atoms with van der Waals surface area (Å²) in [5, 5.41) is 0. The molecule has 5 heteroatoms. The first-order valence-corrected chi connectivity index (χ1v) is 14.0. The summed E-state index contributed by atoms with van der Waals surface area (Å²) in [5.74, 6) is 1.75. The van der Waals surface area contributed by atoms with Gasteiger partial charge >= 0.3 is 8.60 Å². The Hall–Kier alpha value is -1.22. The van der Waals surface area contributed by atoms with Crippen LogP contribution < -0.4 is 9.05 Å². The highest BCUT2D eigenvalue weighted by Gasteiger charge is 2.35. The van der Waals surface area contributed by atoms with Crippen LogP contribution in [0.1, 0.15) is 105 Å². The standard InChI is InChI=1S/C29H43O3PS/c1-26(2,3)18-14-20(28(7,8)9)24-22(16-18)34-23-17-19(27(4,5)6)15-21(29(10,11)12)25(23)32-33(30-13)31-24/h14-17H,1-13H3. The molecule has 188 valence electrons. The maximum absolute atomic E-state index is 6.53. The minimum absolute atomic E-state index is 0.0209. The fraction of sp³-hybridized carbons (Fsp3) is 0.586. The molecule has 0 amide bonds. The van der Waals surface area contributed by atoms with Crippen LogP contribution in [0, 0.1) is 0 Å². The van der Waals surface area contributed by atoms with Crippen molar-refractivity contribution in [2.45, 2.75) is 115 Å². The van der Waals surface area contributed by atoms with Gasteiger partial charge in [0.15, 0.2) is 0 Å². The van der Waals surface area contributed by atoms with Crippen molar-refractivity contribution in [3.8, 4) is 11.5 Å². The van der Waals surface area contributed by atoms with Crippen LogP contribution >= 0.6 is 20.4 Å². The van der Waals surface area contributed by atoms with E-state index < -0.39 is 8.60 Å². The molecule has 0 atom stereocenters. The molecule has 1 aliphatic rings. The maximum atomic E-state index is 6.53. The molecule has 0 N–H and O–H groups in total. The lowest BCUT2D eigenvalue weighted by atomic mass is 9.80. The second-order valence-electron chi connectivity index (χ2n) is 13.4. The van der Waals surface area contributed by atoms with Gasteiger partial charge in [-0.3, -0.25) is 4.52 Å². The monoisotopic (exact) mass is 502 g/mol. The van der Waals surface area contributed by atoms with Crippen LogP contribution in [0.3, 0.4) is 0 Å². The zero-order valence-electron chi connectivity index (χ0n) is 23.4. The highest BCUT2D eigenvalue weighted by atomic mass is 32.2. The third-order valence-electron chi connectivity index (χ3n) is 6.16. The van der Waals surface area contributed by atoms with Crippen LogP contribution in [0.15, 0.2) is 34.1 Å². The number of hydrogen-bond acceptors (Lipinski definition) is 4. The normalized spacial score (nSPS) is 15.6. The summed E-state index contributed by atoms with van der Waals surface area (Å²) in [6.45, 7) is 27.0. The Bertz CT molecular complexity index is 980. The Morgan fingerprint density at radius 3 is 1.21 bits per heavy atom. The van der Waals surface area contributed by atoms with Crippen LogP contribution in [0.2, 0.25) is 0 Å². The minimum Gasteiger partial charge on any atom is -0.416 e. The molecule has 0 aliphatic carbocycles. The van der Waals surface area contributed by atoms with Crippen molar-refractivity contribution < 1.29 is 13.6 Å². The highest BCUT2D eigenvalue weighted by molar-refractivity contribution is 7.99. The van der Waals surface area contributed by atoms with E-state index in [9.17, 15) is 0 Å². The molecule has 0 aromatic heterocycles. The summed E-state index contributed by atoms with van der Waals surface area (Å²) in [7, 11) is 0.0651. The molecule has 0 bridgehead atoms. The lowest BCUT2D eigenvalue weighted by Crippen LogP contribution is -2.20. The largest absolute Gasteiger partial charge is 0.462 e. The van der Waals surface area contributed by atoms with Crippen LogP contribution in [0.25, 0.3) is 0 Å². The predicted molar refractivity (Wildman–Crippen MR) is 147 cm³/mol. The molecule has 0 saturated heterocycles. The maximum Gasteiger partial charge on any atom is 0.462 e. The summed E-state index contributed by atoms with van der Waals surface area (Å²) in [6.07, 6.45) is 0. The molecule has 3 nitrogen and oxygen atoms in total. The van der Waals surface area contributed by atoms with E-state index in [1.165, 1.54) is 22.3 Å². The Kier molecular flexibility index (Phi) is 7.26. The van der Waals surface area contributed by atoms with Gasteiger partial charge in [0, 0.05) is 18.2 Å². The van der Waals surface area contributed by atoms with Crippen LogP contribution in [0.5, 0.6) is 11.5 Å². The van der Waals surface area contributed by atoms with Gasteiger partial charge in [0.05, 0.1) is 9.79 Å². The summed E-state index contributed by atoms with van der Waals surface area (Å²) in [5.41, 5.74) is 4.84. The van der Waals surface area contributed by atoms with E-state index >= 15 is 0 Å². The van der Waals surface area contributed by atoms with Crippen molar-refractivity contribution in [2.75, 3.05) is 7.11 Å². The Labute approximate surface area is 213 Å². The molecule has 1 heterocycles. The molecule has 2 aromatic carbocycles. The molecule has 0 saturated carbocycles. The van der Waals surface area contributed by atoms with Crippen molar-refractivity contribution in [1.29, 1.82) is 0 Å². The first kappa shape index (κ1) is 27.4. The first-order valence-electron chi connectivity index (χ1n) is 12.1. The fourth-order valence-corrected chi connectivity index (χ4v) is 5.98. The quantitative estimate of drug-likeness (QED) is 0.363. The van der Waals surface area contributed by atoms with Gasteiger partial charge in [0.25, 0.3) is 0 Å². The van der Waals surface area contributed by atoms with E-state index in [-0.39, 0.29) is 21.7 Å². The number of hydrogen-bond donors (Lipinski definition) is 0. The second-order valence-corrected chi connectivity index (χ2v) is 15.7. The van der Waals surface area contributed by atoms with Gasteiger partial charge in [-0.05, 0) is 44.9 Å². The van der Waals surface area contributed by atoms with E-state index in [0.717, 1.165) is 21.3 Å². The van der Waals surface area contributed by atoms with Crippen molar-refractivity contribution in [3.63, 3.8) is 0 Å². The minimum atomic E-state index is -1.60.